The molecule has 0 unspecified atom stereocenters. The van der Waals surface area contributed by atoms with Gasteiger partial charge in [-0.1, -0.05) is 18.2 Å². The Kier molecular flexibility index (Phi) is 3.36. The molecule has 1 N–H and O–H groups in total. The minimum absolute atomic E-state index is 0.538. The Hall–Kier alpha value is -0.800. The molecule has 2 nitrogen and oxygen atoms in total. The highest BCUT2D eigenvalue weighted by Gasteiger charge is 2.13. The van der Waals surface area contributed by atoms with Gasteiger partial charge in [-0.15, -0.1) is 0 Å². The van der Waals surface area contributed by atoms with E-state index < -0.39 is 0 Å². The van der Waals surface area contributed by atoms with Gasteiger partial charge in [0.05, 0.1) is 4.60 Å². The van der Waals surface area contributed by atoms with Gasteiger partial charge < -0.3 is 9.88 Å². The fraction of sp³-hybridized carbons (Fsp3) is 0.385. The third-order valence-electron chi connectivity index (χ3n) is 3.14. The van der Waals surface area contributed by atoms with Crippen LogP contribution in [0.15, 0.2) is 28.9 Å². The van der Waals surface area contributed by atoms with Gasteiger partial charge in [-0.3, -0.25) is 0 Å². The number of H-pyrrole nitrogens is 1. The summed E-state index contributed by atoms with van der Waals surface area (Å²) in [6, 6.07) is 8.98. The third-order valence-corrected chi connectivity index (χ3v) is 3.82. The predicted octanol–water partition coefficient (Wildman–Crippen LogP) is 3.42. The summed E-state index contributed by atoms with van der Waals surface area (Å²) in [4.78, 5) is 5.61. The first-order chi connectivity index (χ1) is 7.59. The Morgan fingerprint density at radius 3 is 2.69 bits per heavy atom. The number of para-hydroxylation sites is 1. The van der Waals surface area contributed by atoms with Crippen LogP contribution in [0, 0.1) is 0 Å². The van der Waals surface area contributed by atoms with Crippen LogP contribution in [-0.2, 0) is 6.42 Å². The molecular formula is C13H17BrN2. The van der Waals surface area contributed by atoms with E-state index in [1.807, 2.05) is 0 Å². The molecule has 0 spiro atoms. The van der Waals surface area contributed by atoms with E-state index in [0.29, 0.717) is 6.04 Å². The molecule has 1 aromatic heterocycles. The minimum Gasteiger partial charge on any atom is -0.349 e. The van der Waals surface area contributed by atoms with Crippen molar-refractivity contribution in [3.8, 4) is 0 Å². The van der Waals surface area contributed by atoms with Gasteiger partial charge in [0, 0.05) is 16.9 Å². The number of aromatic nitrogens is 1. The molecule has 3 heteroatoms. The number of nitrogens with one attached hydrogen (secondary N) is 1. The van der Waals surface area contributed by atoms with Gasteiger partial charge in [-0.25, -0.2) is 0 Å². The maximum absolute atomic E-state index is 3.61. The fourth-order valence-corrected chi connectivity index (χ4v) is 2.43. The SMILES string of the molecule is C[C@@H](Cc1c(Br)[nH]c2ccccc12)N(C)C. The summed E-state index contributed by atoms with van der Waals surface area (Å²) in [5.41, 5.74) is 2.58. The molecule has 1 atom stereocenters. The van der Waals surface area contributed by atoms with Crippen molar-refractivity contribution in [1.29, 1.82) is 0 Å². The zero-order valence-corrected chi connectivity index (χ0v) is 11.5. The van der Waals surface area contributed by atoms with Gasteiger partial charge in [0.25, 0.3) is 0 Å². The van der Waals surface area contributed by atoms with Crippen molar-refractivity contribution in [3.63, 3.8) is 0 Å². The number of fused-ring (bicyclic) bond motifs is 1. The second-order valence-corrected chi connectivity index (χ2v) is 5.27. The van der Waals surface area contributed by atoms with Gasteiger partial charge in [0.2, 0.25) is 0 Å². The van der Waals surface area contributed by atoms with Crippen molar-refractivity contribution in [3.05, 3.63) is 34.4 Å². The van der Waals surface area contributed by atoms with E-state index in [2.05, 4.69) is 71.1 Å². The maximum Gasteiger partial charge on any atom is 0.0864 e. The summed E-state index contributed by atoms with van der Waals surface area (Å²) in [7, 11) is 4.24. The predicted molar refractivity (Wildman–Crippen MR) is 72.9 cm³/mol. The number of nitrogens with zero attached hydrogens (tertiary/aromatic N) is 1. The van der Waals surface area contributed by atoms with Crippen LogP contribution in [0.25, 0.3) is 10.9 Å². The fourth-order valence-electron chi connectivity index (χ4n) is 1.84. The van der Waals surface area contributed by atoms with E-state index in [-0.39, 0.29) is 0 Å². The van der Waals surface area contributed by atoms with Crippen LogP contribution >= 0.6 is 15.9 Å². The summed E-state index contributed by atoms with van der Waals surface area (Å²) in [6.45, 7) is 2.24. The lowest BCUT2D eigenvalue weighted by atomic mass is 10.1. The second kappa shape index (κ2) is 4.60. The van der Waals surface area contributed by atoms with Crippen molar-refractivity contribution in [2.75, 3.05) is 14.1 Å². The first-order valence-corrected chi connectivity index (χ1v) is 6.30. The van der Waals surface area contributed by atoms with Gasteiger partial charge in [-0.05, 0) is 55.0 Å². The van der Waals surface area contributed by atoms with Gasteiger partial charge in [0.1, 0.15) is 0 Å². The van der Waals surface area contributed by atoms with Crippen LogP contribution in [-0.4, -0.2) is 30.0 Å². The van der Waals surface area contributed by atoms with Crippen LogP contribution in [0.2, 0.25) is 0 Å². The summed E-state index contributed by atoms with van der Waals surface area (Å²) in [6.07, 6.45) is 1.05. The lowest BCUT2D eigenvalue weighted by Gasteiger charge is -2.19. The number of likely N-dealkylation sites (N-methyl/N-ethyl adjacent to an activating group) is 1. The topological polar surface area (TPSA) is 19.0 Å². The molecule has 2 aromatic rings. The van der Waals surface area contributed by atoms with Crippen LogP contribution in [0.3, 0.4) is 0 Å². The Morgan fingerprint density at radius 2 is 2.00 bits per heavy atom. The molecule has 2 rings (SSSR count). The lowest BCUT2D eigenvalue weighted by Crippen LogP contribution is -2.26. The highest BCUT2D eigenvalue weighted by molar-refractivity contribution is 9.10. The summed E-state index contributed by atoms with van der Waals surface area (Å²) >= 11 is 3.61. The zero-order chi connectivity index (χ0) is 11.7. The number of halogens is 1. The van der Waals surface area contributed by atoms with E-state index in [9.17, 15) is 0 Å². The molecule has 0 aliphatic rings. The summed E-state index contributed by atoms with van der Waals surface area (Å²) in [5, 5.41) is 1.32. The molecule has 86 valence electrons. The van der Waals surface area contributed by atoms with E-state index >= 15 is 0 Å². The highest BCUT2D eigenvalue weighted by Crippen LogP contribution is 2.27. The molecule has 16 heavy (non-hydrogen) atoms. The highest BCUT2D eigenvalue weighted by atomic mass is 79.9. The number of hydrogen-bond acceptors (Lipinski definition) is 1. The summed E-state index contributed by atoms with van der Waals surface area (Å²) < 4.78 is 1.11. The molecular weight excluding hydrogens is 264 g/mol. The molecule has 1 heterocycles. The first-order valence-electron chi connectivity index (χ1n) is 5.51. The molecule has 0 amide bonds. The lowest BCUT2D eigenvalue weighted by molar-refractivity contribution is 0.312. The molecule has 0 bridgehead atoms. The average molecular weight is 281 g/mol. The average Bonchev–Trinajstić information content (AvgIpc) is 2.55. The first kappa shape index (κ1) is 11.7. The number of hydrogen-bond donors (Lipinski definition) is 1. The number of aromatic amines is 1. The van der Waals surface area contributed by atoms with Crippen LogP contribution in [0.4, 0.5) is 0 Å². The van der Waals surface area contributed by atoms with Crippen LogP contribution < -0.4 is 0 Å². The molecule has 1 aromatic carbocycles. The maximum atomic E-state index is 3.61. The molecule has 0 radical (unpaired) electrons. The number of rotatable bonds is 3. The summed E-state index contributed by atoms with van der Waals surface area (Å²) in [5.74, 6) is 0. The van der Waals surface area contributed by atoms with Gasteiger partial charge in [-0.2, -0.15) is 0 Å². The Bertz CT molecular complexity index is 488. The van der Waals surface area contributed by atoms with E-state index in [4.69, 9.17) is 0 Å². The van der Waals surface area contributed by atoms with Gasteiger partial charge in [0.15, 0.2) is 0 Å². The van der Waals surface area contributed by atoms with E-state index in [1.165, 1.54) is 16.5 Å². The quantitative estimate of drug-likeness (QED) is 0.913. The molecule has 0 fully saturated rings. The normalized spacial score (nSPS) is 13.6. The zero-order valence-electron chi connectivity index (χ0n) is 9.92. The Balaban J connectivity index is 2.40. The minimum atomic E-state index is 0.538. The Labute approximate surface area is 105 Å². The van der Waals surface area contributed by atoms with Gasteiger partial charge >= 0.3 is 0 Å². The number of benzene rings is 1. The van der Waals surface area contributed by atoms with Crippen LogP contribution in [0.5, 0.6) is 0 Å². The molecule has 0 aliphatic heterocycles. The third kappa shape index (κ3) is 2.15. The van der Waals surface area contributed by atoms with Crippen molar-refractivity contribution in [1.82, 2.24) is 9.88 Å². The molecule has 0 saturated heterocycles. The van der Waals surface area contributed by atoms with E-state index in [1.54, 1.807) is 0 Å². The van der Waals surface area contributed by atoms with Crippen molar-refractivity contribution < 1.29 is 0 Å². The standard InChI is InChI=1S/C13H17BrN2/c1-9(16(2)3)8-11-10-6-4-5-7-12(10)15-13(11)14/h4-7,9,15H,8H2,1-3H3/t9-/m0/s1. The monoisotopic (exact) mass is 280 g/mol. The molecule has 0 aliphatic carbocycles. The van der Waals surface area contributed by atoms with Crippen molar-refractivity contribution in [2.45, 2.75) is 19.4 Å². The second-order valence-electron chi connectivity index (χ2n) is 4.48. The Morgan fingerprint density at radius 1 is 1.31 bits per heavy atom. The largest absolute Gasteiger partial charge is 0.349 e. The molecule has 0 saturated carbocycles. The van der Waals surface area contributed by atoms with Crippen molar-refractivity contribution in [2.24, 2.45) is 0 Å². The van der Waals surface area contributed by atoms with Crippen LogP contribution in [0.1, 0.15) is 12.5 Å². The smallest absolute Gasteiger partial charge is 0.0864 e. The van der Waals surface area contributed by atoms with E-state index in [0.717, 1.165) is 11.0 Å². The van der Waals surface area contributed by atoms with Crippen molar-refractivity contribution >= 4 is 26.8 Å².